The number of carbonyl (C=O) groups excluding carboxylic acids is 1. The number of hydrogen-bond donors (Lipinski definition) is 4. The van der Waals surface area contributed by atoms with Crippen molar-refractivity contribution in [3.63, 3.8) is 0 Å². The van der Waals surface area contributed by atoms with E-state index in [0.717, 1.165) is 4.57 Å². The number of aliphatic hydroxyl groups excluding tert-OH is 2. The van der Waals surface area contributed by atoms with Crippen LogP contribution in [0.25, 0.3) is 0 Å². The molecule has 24 heavy (non-hydrogen) atoms. The molecule has 0 bridgehead atoms. The molecule has 1 saturated heterocycles. The second-order valence-electron chi connectivity index (χ2n) is 5.04. The highest BCUT2D eigenvalue weighted by Crippen LogP contribution is 2.27. The number of amides is 1. The third kappa shape index (κ3) is 4.08. The first-order valence-electron chi connectivity index (χ1n) is 7.07. The predicted molar refractivity (Wildman–Crippen MR) is 78.8 cm³/mol. The van der Waals surface area contributed by atoms with E-state index in [1.54, 1.807) is 0 Å². The fourth-order valence-electron chi connectivity index (χ4n) is 2.17. The molecule has 1 amide bonds. The molecule has 1 aliphatic rings. The Balaban J connectivity index is 2.20. The molecule has 0 aromatic carbocycles. The predicted octanol–water partition coefficient (Wildman–Crippen LogP) is -2.39. The quantitative estimate of drug-likeness (QED) is 0.452. The number of halogens is 1. The SMILES string of the molecule is O=C(CF)NCC#Cc1cn(C2CC(O)C(CO)O2)c(=O)[nH]c1=O. The first-order valence-corrected chi connectivity index (χ1v) is 7.07. The molecule has 9 nitrogen and oxygen atoms in total. The molecule has 2 rings (SSSR count). The number of alkyl halides is 1. The van der Waals surface area contributed by atoms with Crippen molar-refractivity contribution in [2.75, 3.05) is 19.8 Å². The van der Waals surface area contributed by atoms with Gasteiger partial charge < -0.3 is 20.3 Å². The third-order valence-corrected chi connectivity index (χ3v) is 3.38. The molecule has 0 radical (unpaired) electrons. The van der Waals surface area contributed by atoms with Crippen LogP contribution in [0.4, 0.5) is 4.39 Å². The van der Waals surface area contributed by atoms with E-state index in [0.29, 0.717) is 0 Å². The van der Waals surface area contributed by atoms with Gasteiger partial charge in [-0.3, -0.25) is 19.1 Å². The minimum atomic E-state index is -1.17. The van der Waals surface area contributed by atoms with Gasteiger partial charge in [-0.2, -0.15) is 0 Å². The smallest absolute Gasteiger partial charge is 0.330 e. The highest BCUT2D eigenvalue weighted by molar-refractivity contribution is 5.77. The van der Waals surface area contributed by atoms with E-state index in [2.05, 4.69) is 22.1 Å². The molecule has 1 aliphatic heterocycles. The number of rotatable bonds is 4. The summed E-state index contributed by atoms with van der Waals surface area (Å²) in [5.41, 5.74) is -1.53. The van der Waals surface area contributed by atoms with Crippen LogP contribution in [0.3, 0.4) is 0 Å². The zero-order valence-corrected chi connectivity index (χ0v) is 12.5. The molecule has 0 aliphatic carbocycles. The molecular formula is C14H16FN3O6. The Morgan fingerprint density at radius 2 is 2.29 bits per heavy atom. The van der Waals surface area contributed by atoms with Gasteiger partial charge in [-0.1, -0.05) is 11.8 Å². The van der Waals surface area contributed by atoms with E-state index >= 15 is 0 Å². The molecule has 3 atom stereocenters. The lowest BCUT2D eigenvalue weighted by Crippen LogP contribution is -2.33. The summed E-state index contributed by atoms with van der Waals surface area (Å²) in [5, 5.41) is 20.9. The molecule has 130 valence electrons. The van der Waals surface area contributed by atoms with Gasteiger partial charge in [0.25, 0.3) is 11.5 Å². The van der Waals surface area contributed by atoms with Gasteiger partial charge in [-0.15, -0.1) is 0 Å². The normalized spacial score (nSPS) is 22.7. The lowest BCUT2D eigenvalue weighted by Gasteiger charge is -2.14. The van der Waals surface area contributed by atoms with Crippen molar-refractivity contribution in [2.24, 2.45) is 0 Å². The van der Waals surface area contributed by atoms with Gasteiger partial charge in [-0.25, -0.2) is 9.18 Å². The summed E-state index contributed by atoms with van der Waals surface area (Å²) < 4.78 is 18.4. The highest BCUT2D eigenvalue weighted by Gasteiger charge is 2.35. The second kappa shape index (κ2) is 7.87. The van der Waals surface area contributed by atoms with Crippen LogP contribution in [0, 0.1) is 11.8 Å². The summed E-state index contributed by atoms with van der Waals surface area (Å²) in [7, 11) is 0. The van der Waals surface area contributed by atoms with Crippen LogP contribution in [0.2, 0.25) is 0 Å². The van der Waals surface area contributed by atoms with Crippen molar-refractivity contribution in [3.8, 4) is 11.8 Å². The monoisotopic (exact) mass is 341 g/mol. The van der Waals surface area contributed by atoms with Gasteiger partial charge in [0.15, 0.2) is 6.67 Å². The summed E-state index contributed by atoms with van der Waals surface area (Å²) in [6.45, 7) is -1.73. The minimum Gasteiger partial charge on any atom is -0.394 e. The standard InChI is InChI=1S/C14H16FN3O6/c15-5-11(21)16-3-1-2-8-6-18(14(23)17-13(8)22)12-4-9(20)10(7-19)24-12/h6,9-10,12,19-20H,3-5,7H2,(H,16,21)(H,17,22,23). The molecular weight excluding hydrogens is 325 g/mol. The van der Waals surface area contributed by atoms with E-state index in [4.69, 9.17) is 9.84 Å². The van der Waals surface area contributed by atoms with Gasteiger partial charge in [0.05, 0.1) is 19.3 Å². The Labute approximate surface area is 135 Å². The summed E-state index contributed by atoms with van der Waals surface area (Å²) >= 11 is 0. The molecule has 0 spiro atoms. The van der Waals surface area contributed by atoms with Crippen LogP contribution < -0.4 is 16.6 Å². The summed E-state index contributed by atoms with van der Waals surface area (Å²) in [6.07, 6.45) is -1.38. The molecule has 10 heteroatoms. The van der Waals surface area contributed by atoms with Crippen molar-refractivity contribution >= 4 is 5.91 Å². The van der Waals surface area contributed by atoms with E-state index in [1.165, 1.54) is 6.20 Å². The van der Waals surface area contributed by atoms with E-state index in [9.17, 15) is 23.9 Å². The van der Waals surface area contributed by atoms with Crippen LogP contribution in [-0.4, -0.2) is 57.7 Å². The molecule has 1 aromatic rings. The zero-order chi connectivity index (χ0) is 17.7. The van der Waals surface area contributed by atoms with Crippen molar-refractivity contribution < 1.29 is 24.1 Å². The maximum atomic E-state index is 12.0. The first kappa shape index (κ1) is 17.9. The Hall–Kier alpha value is -2.48. The number of aromatic amines is 1. The molecule has 0 saturated carbocycles. The maximum Gasteiger partial charge on any atom is 0.330 e. The second-order valence-corrected chi connectivity index (χ2v) is 5.04. The highest BCUT2D eigenvalue weighted by atomic mass is 19.1. The maximum absolute atomic E-state index is 12.0. The lowest BCUT2D eigenvalue weighted by atomic mass is 10.2. The van der Waals surface area contributed by atoms with Gasteiger partial charge in [-0.05, 0) is 0 Å². The molecule has 1 fully saturated rings. The average molecular weight is 341 g/mol. The van der Waals surface area contributed by atoms with E-state index in [1.807, 2.05) is 0 Å². The van der Waals surface area contributed by atoms with Crippen LogP contribution in [0.5, 0.6) is 0 Å². The molecule has 4 N–H and O–H groups in total. The van der Waals surface area contributed by atoms with Crippen molar-refractivity contribution in [3.05, 3.63) is 32.6 Å². The molecule has 1 aromatic heterocycles. The number of nitrogens with zero attached hydrogens (tertiary/aromatic N) is 1. The first-order chi connectivity index (χ1) is 11.5. The number of aliphatic hydroxyl groups is 2. The summed E-state index contributed by atoms with van der Waals surface area (Å²) in [6, 6.07) is 0. The van der Waals surface area contributed by atoms with Crippen LogP contribution >= 0.6 is 0 Å². The average Bonchev–Trinajstić information content (AvgIpc) is 2.93. The van der Waals surface area contributed by atoms with E-state index in [-0.39, 0.29) is 18.5 Å². The number of ether oxygens (including phenoxy) is 1. The lowest BCUT2D eigenvalue weighted by molar-refractivity contribution is -0.121. The topological polar surface area (TPSA) is 134 Å². The number of carbonyl (C=O) groups is 1. The number of H-pyrrole nitrogens is 1. The Kier molecular flexibility index (Phi) is 5.86. The fourth-order valence-corrected chi connectivity index (χ4v) is 2.17. The van der Waals surface area contributed by atoms with Crippen molar-refractivity contribution in [2.45, 2.75) is 24.9 Å². The number of nitrogens with one attached hydrogen (secondary N) is 2. The Bertz CT molecular complexity index is 777. The van der Waals surface area contributed by atoms with Gasteiger partial charge in [0, 0.05) is 12.6 Å². The Morgan fingerprint density at radius 3 is 2.92 bits per heavy atom. The van der Waals surface area contributed by atoms with E-state index < -0.39 is 48.9 Å². The Morgan fingerprint density at radius 1 is 1.54 bits per heavy atom. The largest absolute Gasteiger partial charge is 0.394 e. The number of aromatic nitrogens is 2. The molecule has 2 heterocycles. The van der Waals surface area contributed by atoms with Crippen LogP contribution in [0.1, 0.15) is 18.2 Å². The summed E-state index contributed by atoms with van der Waals surface area (Å²) in [4.78, 5) is 36.4. The fraction of sp³-hybridized carbons (Fsp3) is 0.500. The van der Waals surface area contributed by atoms with Gasteiger partial charge in [0.2, 0.25) is 0 Å². The van der Waals surface area contributed by atoms with Gasteiger partial charge >= 0.3 is 5.69 Å². The van der Waals surface area contributed by atoms with Crippen LogP contribution in [-0.2, 0) is 9.53 Å². The van der Waals surface area contributed by atoms with Gasteiger partial charge in [0.1, 0.15) is 17.9 Å². The van der Waals surface area contributed by atoms with Crippen LogP contribution in [0.15, 0.2) is 15.8 Å². The number of hydrogen-bond acceptors (Lipinski definition) is 6. The van der Waals surface area contributed by atoms with Crippen molar-refractivity contribution in [1.29, 1.82) is 0 Å². The minimum absolute atomic E-state index is 0.0605. The van der Waals surface area contributed by atoms with Crippen molar-refractivity contribution in [1.82, 2.24) is 14.9 Å². The zero-order valence-electron chi connectivity index (χ0n) is 12.5. The third-order valence-electron chi connectivity index (χ3n) is 3.38. The molecule has 3 unspecified atom stereocenters. The summed E-state index contributed by atoms with van der Waals surface area (Å²) in [5.74, 6) is 4.09.